The number of aliphatic hydroxyl groups excluding tert-OH is 2. The number of piperidine rings is 4. The molecule has 6 saturated heterocycles. The third kappa shape index (κ3) is 15.3. The van der Waals surface area contributed by atoms with E-state index in [9.17, 15) is 10.2 Å². The van der Waals surface area contributed by atoms with Gasteiger partial charge in [0.05, 0.1) is 82.7 Å². The SMILES string of the molecule is CCCCCCCON1C(C)(C)CC(OCC(O)CN2C(C)(C)CC3(CC2(C)C)OCC2(COC4(CC(C)(C)N(CC(O)COC5CC(C)(C)N(OCCCCCC)C(C)(C)C5)C(C)(C)C4)OC2)CO3)CC1(C)C. The summed E-state index contributed by atoms with van der Waals surface area (Å²) in [6.07, 6.45) is 15.7. The Morgan fingerprint density at radius 1 is 0.419 bits per heavy atom. The van der Waals surface area contributed by atoms with Gasteiger partial charge in [0.15, 0.2) is 11.6 Å². The lowest BCUT2D eigenvalue weighted by Gasteiger charge is -2.63. The van der Waals surface area contributed by atoms with E-state index in [-0.39, 0.29) is 69.7 Å². The minimum absolute atomic E-state index is 0.0328. The lowest BCUT2D eigenvalue weighted by Crippen LogP contribution is -2.71. The number of hydrogen-bond acceptors (Lipinski definition) is 14. The third-order valence-corrected chi connectivity index (χ3v) is 17.9. The Morgan fingerprint density at radius 2 is 0.703 bits per heavy atom. The summed E-state index contributed by atoms with van der Waals surface area (Å²) in [6.45, 7) is 45.5. The number of hydrogen-bond donors (Lipinski definition) is 2. The van der Waals surface area contributed by atoms with Gasteiger partial charge in [-0.15, -0.1) is 0 Å². The highest BCUT2D eigenvalue weighted by Crippen LogP contribution is 2.53. The first-order valence-corrected chi connectivity index (χ1v) is 29.7. The summed E-state index contributed by atoms with van der Waals surface area (Å²) in [4.78, 5) is 17.8. The smallest absolute Gasteiger partial charge is 0.171 e. The number of ether oxygens (including phenoxy) is 6. The van der Waals surface area contributed by atoms with Crippen LogP contribution < -0.4 is 0 Å². The van der Waals surface area contributed by atoms with E-state index in [1.54, 1.807) is 0 Å². The first-order valence-electron chi connectivity index (χ1n) is 29.7. The van der Waals surface area contributed by atoms with Crippen LogP contribution in [0.2, 0.25) is 0 Å². The predicted octanol–water partition coefficient (Wildman–Crippen LogP) is 11.0. The average molecular weight is 1050 g/mol. The van der Waals surface area contributed by atoms with Crippen LogP contribution >= 0.6 is 0 Å². The van der Waals surface area contributed by atoms with E-state index in [1.165, 1.54) is 44.9 Å². The summed E-state index contributed by atoms with van der Waals surface area (Å²) in [5, 5.41) is 27.7. The zero-order valence-electron chi connectivity index (χ0n) is 50.9. The van der Waals surface area contributed by atoms with Crippen LogP contribution in [0.1, 0.15) is 234 Å². The maximum atomic E-state index is 11.6. The molecule has 0 aliphatic carbocycles. The molecule has 3 spiro atoms. The van der Waals surface area contributed by atoms with Gasteiger partial charge in [0.2, 0.25) is 0 Å². The van der Waals surface area contributed by atoms with Crippen molar-refractivity contribution in [3.63, 3.8) is 0 Å². The van der Waals surface area contributed by atoms with Crippen LogP contribution in [0.5, 0.6) is 0 Å². The summed E-state index contributed by atoms with van der Waals surface area (Å²) in [6, 6.07) is 0. The summed E-state index contributed by atoms with van der Waals surface area (Å²) in [5.74, 6) is -1.50. The normalized spacial score (nSPS) is 29.2. The molecule has 2 N–H and O–H groups in total. The first kappa shape index (κ1) is 62.6. The van der Waals surface area contributed by atoms with Crippen molar-refractivity contribution in [3.05, 3.63) is 0 Å². The molecular formula is C60H114N4O10. The van der Waals surface area contributed by atoms with Gasteiger partial charge in [0, 0.05) is 83.1 Å². The summed E-state index contributed by atoms with van der Waals surface area (Å²) >= 11 is 0. The molecule has 2 unspecified atom stereocenters. The van der Waals surface area contributed by atoms with E-state index in [2.05, 4.69) is 145 Å². The summed E-state index contributed by atoms with van der Waals surface area (Å²) in [7, 11) is 0. The molecule has 2 atom stereocenters. The second kappa shape index (κ2) is 23.9. The molecule has 0 amide bonds. The molecule has 0 bridgehead atoms. The quantitative estimate of drug-likeness (QED) is 0.0943. The highest BCUT2D eigenvalue weighted by atomic mass is 16.7. The van der Waals surface area contributed by atoms with Crippen molar-refractivity contribution in [2.75, 3.05) is 65.9 Å². The molecular weight excluding hydrogens is 937 g/mol. The highest BCUT2D eigenvalue weighted by molar-refractivity contribution is 5.09. The topological polar surface area (TPSA) is 127 Å². The van der Waals surface area contributed by atoms with Crippen molar-refractivity contribution in [1.29, 1.82) is 0 Å². The molecule has 14 heteroatoms. The van der Waals surface area contributed by atoms with E-state index in [4.69, 9.17) is 38.1 Å². The van der Waals surface area contributed by atoms with E-state index in [0.717, 1.165) is 51.7 Å². The van der Waals surface area contributed by atoms with Gasteiger partial charge in [-0.25, -0.2) is 0 Å². The molecule has 0 radical (unpaired) electrons. The van der Waals surface area contributed by atoms with Gasteiger partial charge in [0.1, 0.15) is 0 Å². The molecule has 6 rings (SSSR count). The highest BCUT2D eigenvalue weighted by Gasteiger charge is 2.61. The Morgan fingerprint density at radius 3 is 1.00 bits per heavy atom. The molecule has 6 fully saturated rings. The van der Waals surface area contributed by atoms with E-state index >= 15 is 0 Å². The maximum absolute atomic E-state index is 11.6. The number of unbranched alkanes of at least 4 members (excludes halogenated alkanes) is 7. The fraction of sp³-hybridized carbons (Fsp3) is 1.00. The molecule has 434 valence electrons. The third-order valence-electron chi connectivity index (χ3n) is 17.9. The Labute approximate surface area is 452 Å². The molecule has 14 nitrogen and oxygen atoms in total. The average Bonchev–Trinajstić information content (AvgIpc) is 3.25. The molecule has 6 heterocycles. The fourth-order valence-corrected chi connectivity index (χ4v) is 15.5. The first-order chi connectivity index (χ1) is 34.2. The van der Waals surface area contributed by atoms with Gasteiger partial charge in [-0.1, -0.05) is 58.8 Å². The molecule has 0 aromatic carbocycles. The van der Waals surface area contributed by atoms with Crippen molar-refractivity contribution < 1.29 is 48.3 Å². The standard InChI is InChI=1S/C60H114N4O10/c1-19-21-23-25-27-29-74-64-52(7,8)32-49(33-53(64,9)10)68-37-47(66)35-62-56(15,16)40-60(41-57(62,17)18)71-44-58(45-72-60)42-69-59(70-43-58)38-54(11,12)61(55(13,14)39-59)34-46(65)36-67-48-30-50(3,4)63(51(5,6)31-48)73-28-26-24-22-20-2/h46-49,65-66H,19-45H2,1-18H3. The van der Waals surface area contributed by atoms with Crippen LogP contribution in [0.15, 0.2) is 0 Å². The number of hydroxylamine groups is 4. The van der Waals surface area contributed by atoms with Crippen molar-refractivity contribution in [1.82, 2.24) is 19.9 Å². The Balaban J connectivity index is 0.957. The van der Waals surface area contributed by atoms with Crippen LogP contribution in [0, 0.1) is 5.41 Å². The van der Waals surface area contributed by atoms with Crippen LogP contribution in [0.25, 0.3) is 0 Å². The van der Waals surface area contributed by atoms with Crippen LogP contribution in [0.3, 0.4) is 0 Å². The predicted molar refractivity (Wildman–Crippen MR) is 295 cm³/mol. The number of likely N-dealkylation sites (tertiary alicyclic amines) is 2. The second-order valence-corrected chi connectivity index (χ2v) is 29.7. The van der Waals surface area contributed by atoms with Crippen LogP contribution in [-0.4, -0.2) is 176 Å². The Hall–Kier alpha value is -0.560. The number of β-amino-alcohol motifs (C(OH)–C–C–N with tert-alkyl or cyclic N) is 2. The van der Waals surface area contributed by atoms with E-state index < -0.39 is 29.2 Å². The maximum Gasteiger partial charge on any atom is 0.171 e. The molecule has 0 saturated carbocycles. The lowest BCUT2D eigenvalue weighted by molar-refractivity contribution is -0.396. The van der Waals surface area contributed by atoms with Gasteiger partial charge in [-0.05, 0) is 149 Å². The largest absolute Gasteiger partial charge is 0.389 e. The molecule has 0 aromatic rings. The van der Waals surface area contributed by atoms with E-state index in [1.807, 2.05) is 0 Å². The zero-order chi connectivity index (χ0) is 54.9. The van der Waals surface area contributed by atoms with Crippen molar-refractivity contribution in [3.8, 4) is 0 Å². The van der Waals surface area contributed by atoms with Crippen molar-refractivity contribution in [2.24, 2.45) is 5.41 Å². The summed E-state index contributed by atoms with van der Waals surface area (Å²) < 4.78 is 40.8. The molecule has 6 aliphatic heterocycles. The molecule has 6 aliphatic rings. The number of rotatable bonds is 23. The zero-order valence-corrected chi connectivity index (χ0v) is 50.9. The van der Waals surface area contributed by atoms with E-state index in [0.29, 0.717) is 65.2 Å². The molecule has 0 aromatic heterocycles. The number of nitrogens with zero attached hydrogens (tertiary/aromatic N) is 4. The second-order valence-electron chi connectivity index (χ2n) is 29.7. The van der Waals surface area contributed by atoms with Crippen molar-refractivity contribution >= 4 is 0 Å². The van der Waals surface area contributed by atoms with Crippen LogP contribution in [-0.2, 0) is 38.1 Å². The minimum Gasteiger partial charge on any atom is -0.389 e. The van der Waals surface area contributed by atoms with Gasteiger partial charge < -0.3 is 38.6 Å². The fourth-order valence-electron chi connectivity index (χ4n) is 15.5. The number of aliphatic hydroxyl groups is 2. The van der Waals surface area contributed by atoms with Crippen molar-refractivity contribution in [2.45, 2.75) is 314 Å². The summed E-state index contributed by atoms with van der Waals surface area (Å²) in [5.41, 5.74) is -2.43. The van der Waals surface area contributed by atoms with Gasteiger partial charge in [-0.3, -0.25) is 19.5 Å². The molecule has 74 heavy (non-hydrogen) atoms. The van der Waals surface area contributed by atoms with Gasteiger partial charge in [0.25, 0.3) is 0 Å². The monoisotopic (exact) mass is 1050 g/mol. The lowest BCUT2D eigenvalue weighted by atomic mass is 9.74. The Bertz CT molecular complexity index is 1670. The van der Waals surface area contributed by atoms with Crippen LogP contribution in [0.4, 0.5) is 0 Å². The minimum atomic E-state index is -0.750. The van der Waals surface area contributed by atoms with Gasteiger partial charge in [-0.2, -0.15) is 10.1 Å². The Kier molecular flexibility index (Phi) is 20.2. The van der Waals surface area contributed by atoms with Gasteiger partial charge >= 0.3 is 0 Å².